The van der Waals surface area contributed by atoms with E-state index >= 15 is 0 Å². The molecule has 1 saturated heterocycles. The van der Waals surface area contributed by atoms with E-state index in [0.717, 1.165) is 31.7 Å². The van der Waals surface area contributed by atoms with Gasteiger partial charge in [0.15, 0.2) is 0 Å². The number of aryl methyl sites for hydroxylation is 1. The van der Waals surface area contributed by atoms with Crippen molar-refractivity contribution in [3.8, 4) is 0 Å². The molecule has 2 heterocycles. The van der Waals surface area contributed by atoms with E-state index in [4.69, 9.17) is 0 Å². The van der Waals surface area contributed by atoms with Crippen LogP contribution in [0.25, 0.3) is 0 Å². The maximum Gasteiger partial charge on any atom is 0.242 e. The Morgan fingerprint density at radius 1 is 0.929 bits per heavy atom. The van der Waals surface area contributed by atoms with E-state index in [2.05, 4.69) is 53.1 Å². The van der Waals surface area contributed by atoms with Gasteiger partial charge in [-0.1, -0.05) is 42.5 Å². The highest BCUT2D eigenvalue weighted by molar-refractivity contribution is 5.83. The summed E-state index contributed by atoms with van der Waals surface area (Å²) in [6.07, 6.45) is 0.510. The van der Waals surface area contributed by atoms with Crippen LogP contribution in [0.4, 0.5) is 5.69 Å². The van der Waals surface area contributed by atoms with Gasteiger partial charge in [0.25, 0.3) is 0 Å². The number of para-hydroxylation sites is 1. The monoisotopic (exact) mass is 379 g/mol. The summed E-state index contributed by atoms with van der Waals surface area (Å²) < 4.78 is 0. The number of fused-ring (bicyclic) bond motifs is 1. The van der Waals surface area contributed by atoms with E-state index in [9.17, 15) is 9.90 Å². The Balaban J connectivity index is 1.29. The lowest BCUT2D eigenvalue weighted by Crippen LogP contribution is -2.53. The predicted octanol–water partition coefficient (Wildman–Crippen LogP) is 2.06. The number of carbonyl (C=O) groups excluding carboxylic acids is 1. The fraction of sp³-hybridized carbons (Fsp3) is 0.435. The van der Waals surface area contributed by atoms with Crippen LogP contribution in [0.1, 0.15) is 16.7 Å². The van der Waals surface area contributed by atoms with E-state index in [-0.39, 0.29) is 5.91 Å². The van der Waals surface area contributed by atoms with Gasteiger partial charge < -0.3 is 14.9 Å². The lowest BCUT2D eigenvalue weighted by molar-refractivity contribution is -0.132. The fourth-order valence-corrected chi connectivity index (χ4v) is 4.35. The number of aliphatic hydroxyl groups excluding tert-OH is 1. The Morgan fingerprint density at radius 3 is 2.46 bits per heavy atom. The van der Waals surface area contributed by atoms with Crippen LogP contribution in [0.15, 0.2) is 48.5 Å². The molecule has 0 spiro atoms. The Hall–Kier alpha value is -2.37. The first-order valence-electron chi connectivity index (χ1n) is 10.2. The molecular weight excluding hydrogens is 350 g/mol. The molecule has 2 aliphatic rings. The molecule has 4 rings (SSSR count). The van der Waals surface area contributed by atoms with E-state index < -0.39 is 6.10 Å². The van der Waals surface area contributed by atoms with Gasteiger partial charge in [-0.25, -0.2) is 0 Å². The Labute approximate surface area is 167 Å². The number of nitrogens with zero attached hydrogens (tertiary/aromatic N) is 3. The van der Waals surface area contributed by atoms with Crippen LogP contribution in [0.2, 0.25) is 0 Å². The standard InChI is InChI=1S/C23H29N3O2/c1-18-6-2-5-9-22(18)25-12-13-26(23(28)17-25)16-21(27)15-24-11-10-19-7-3-4-8-20(19)14-24/h2-9,21,27H,10-17H2,1H3. The minimum absolute atomic E-state index is 0.0949. The molecule has 2 aromatic rings. The molecule has 28 heavy (non-hydrogen) atoms. The second-order valence-corrected chi connectivity index (χ2v) is 7.96. The number of benzene rings is 2. The number of amides is 1. The van der Waals surface area contributed by atoms with Crippen molar-refractivity contribution < 1.29 is 9.90 Å². The number of rotatable bonds is 5. The van der Waals surface area contributed by atoms with Crippen LogP contribution in [0.3, 0.4) is 0 Å². The average Bonchev–Trinajstić information content (AvgIpc) is 2.70. The summed E-state index contributed by atoms with van der Waals surface area (Å²) in [4.78, 5) is 18.9. The normalized spacial score (nSPS) is 18.9. The minimum Gasteiger partial charge on any atom is -0.390 e. The number of carbonyl (C=O) groups is 1. The van der Waals surface area contributed by atoms with Crippen LogP contribution in [0.5, 0.6) is 0 Å². The van der Waals surface area contributed by atoms with Crippen molar-refractivity contribution in [1.82, 2.24) is 9.80 Å². The SMILES string of the molecule is Cc1ccccc1N1CCN(CC(O)CN2CCc3ccccc3C2)C(=O)C1. The maximum atomic E-state index is 12.6. The lowest BCUT2D eigenvalue weighted by atomic mass is 10.00. The van der Waals surface area contributed by atoms with Crippen LogP contribution >= 0.6 is 0 Å². The van der Waals surface area contributed by atoms with Gasteiger partial charge in [0.05, 0.1) is 12.6 Å². The van der Waals surface area contributed by atoms with Crippen molar-refractivity contribution in [1.29, 1.82) is 0 Å². The number of hydrogen-bond acceptors (Lipinski definition) is 4. The Bertz CT molecular complexity index is 838. The van der Waals surface area contributed by atoms with E-state index in [1.807, 2.05) is 17.0 Å². The molecular formula is C23H29N3O2. The molecule has 5 nitrogen and oxygen atoms in total. The van der Waals surface area contributed by atoms with Crippen molar-refractivity contribution in [2.75, 3.05) is 44.2 Å². The Kier molecular flexibility index (Phi) is 5.64. The highest BCUT2D eigenvalue weighted by atomic mass is 16.3. The van der Waals surface area contributed by atoms with E-state index in [0.29, 0.717) is 26.2 Å². The van der Waals surface area contributed by atoms with Gasteiger partial charge >= 0.3 is 0 Å². The zero-order valence-electron chi connectivity index (χ0n) is 16.6. The molecule has 0 aromatic heterocycles. The van der Waals surface area contributed by atoms with Crippen molar-refractivity contribution in [2.24, 2.45) is 0 Å². The summed E-state index contributed by atoms with van der Waals surface area (Å²) in [7, 11) is 0. The molecule has 2 aromatic carbocycles. The van der Waals surface area contributed by atoms with Crippen LogP contribution in [-0.2, 0) is 17.8 Å². The first kappa shape index (κ1) is 19.0. The quantitative estimate of drug-likeness (QED) is 0.864. The lowest BCUT2D eigenvalue weighted by Gasteiger charge is -2.38. The molecule has 1 unspecified atom stereocenters. The third kappa shape index (κ3) is 4.21. The third-order valence-corrected chi connectivity index (χ3v) is 5.88. The molecule has 2 aliphatic heterocycles. The van der Waals surface area contributed by atoms with Gasteiger partial charge in [-0.3, -0.25) is 9.69 Å². The van der Waals surface area contributed by atoms with Gasteiger partial charge in [0.1, 0.15) is 0 Å². The van der Waals surface area contributed by atoms with Crippen molar-refractivity contribution in [3.05, 3.63) is 65.2 Å². The molecule has 0 saturated carbocycles. The molecule has 5 heteroatoms. The molecule has 1 atom stereocenters. The molecule has 1 N–H and O–H groups in total. The van der Waals surface area contributed by atoms with Gasteiger partial charge in [-0.15, -0.1) is 0 Å². The highest BCUT2D eigenvalue weighted by Gasteiger charge is 2.27. The zero-order chi connectivity index (χ0) is 19.5. The van der Waals surface area contributed by atoms with Crippen molar-refractivity contribution >= 4 is 11.6 Å². The van der Waals surface area contributed by atoms with Gasteiger partial charge in [0, 0.05) is 45.0 Å². The number of β-amino-alcohol motifs (C(OH)–C–C–N with tert-alkyl or cyclic N) is 1. The summed E-state index contributed by atoms with van der Waals surface area (Å²) in [6.45, 7) is 6.79. The molecule has 148 valence electrons. The molecule has 1 fully saturated rings. The van der Waals surface area contributed by atoms with E-state index in [1.165, 1.54) is 16.7 Å². The number of anilines is 1. The molecule has 0 radical (unpaired) electrons. The van der Waals surface area contributed by atoms with Crippen LogP contribution in [0, 0.1) is 6.92 Å². The van der Waals surface area contributed by atoms with Crippen molar-refractivity contribution in [2.45, 2.75) is 26.0 Å². The predicted molar refractivity (Wildman–Crippen MR) is 111 cm³/mol. The summed E-state index contributed by atoms with van der Waals surface area (Å²) in [6, 6.07) is 16.7. The topological polar surface area (TPSA) is 47.0 Å². The summed E-state index contributed by atoms with van der Waals surface area (Å²) in [5, 5.41) is 10.6. The second-order valence-electron chi connectivity index (χ2n) is 7.96. The average molecular weight is 380 g/mol. The first-order chi connectivity index (χ1) is 13.6. The van der Waals surface area contributed by atoms with Gasteiger partial charge in [-0.2, -0.15) is 0 Å². The van der Waals surface area contributed by atoms with E-state index in [1.54, 1.807) is 0 Å². The summed E-state index contributed by atoms with van der Waals surface area (Å²) >= 11 is 0. The number of aliphatic hydroxyl groups is 1. The molecule has 0 aliphatic carbocycles. The first-order valence-corrected chi connectivity index (χ1v) is 10.2. The van der Waals surface area contributed by atoms with Crippen molar-refractivity contribution in [3.63, 3.8) is 0 Å². The highest BCUT2D eigenvalue weighted by Crippen LogP contribution is 2.22. The molecule has 1 amide bonds. The number of piperazine rings is 1. The van der Waals surface area contributed by atoms with Gasteiger partial charge in [0.2, 0.25) is 5.91 Å². The third-order valence-electron chi connectivity index (χ3n) is 5.88. The second kappa shape index (κ2) is 8.33. The summed E-state index contributed by atoms with van der Waals surface area (Å²) in [5.74, 6) is 0.0949. The summed E-state index contributed by atoms with van der Waals surface area (Å²) in [5.41, 5.74) is 5.08. The van der Waals surface area contributed by atoms with Crippen LogP contribution < -0.4 is 4.90 Å². The largest absolute Gasteiger partial charge is 0.390 e. The number of hydrogen-bond donors (Lipinski definition) is 1. The maximum absolute atomic E-state index is 12.6. The van der Waals surface area contributed by atoms with Gasteiger partial charge in [-0.05, 0) is 36.1 Å². The van der Waals surface area contributed by atoms with Crippen LogP contribution in [-0.4, -0.2) is 66.2 Å². The molecule has 0 bridgehead atoms. The zero-order valence-corrected chi connectivity index (χ0v) is 16.6. The Morgan fingerprint density at radius 2 is 1.68 bits per heavy atom. The fourth-order valence-electron chi connectivity index (χ4n) is 4.35. The minimum atomic E-state index is -0.515. The smallest absolute Gasteiger partial charge is 0.242 e.